The highest BCUT2D eigenvalue weighted by Gasteiger charge is 2.10. The van der Waals surface area contributed by atoms with Gasteiger partial charge in [0.25, 0.3) is 0 Å². The Labute approximate surface area is 112 Å². The van der Waals surface area contributed by atoms with Gasteiger partial charge in [-0.1, -0.05) is 30.3 Å². The number of H-pyrrole nitrogens is 1. The Balaban J connectivity index is 2.04. The van der Waals surface area contributed by atoms with Crippen molar-refractivity contribution in [3.05, 3.63) is 42.1 Å². The summed E-state index contributed by atoms with van der Waals surface area (Å²) < 4.78 is 5.03. The van der Waals surface area contributed by atoms with E-state index in [1.165, 1.54) is 0 Å². The summed E-state index contributed by atoms with van der Waals surface area (Å²) in [6.07, 6.45) is 1.80. The number of hydrogen-bond acceptors (Lipinski definition) is 4. The summed E-state index contributed by atoms with van der Waals surface area (Å²) in [6.45, 7) is 1.16. The monoisotopic (exact) mass is 261 g/mol. The summed E-state index contributed by atoms with van der Waals surface area (Å²) in [6, 6.07) is 9.98. The highest BCUT2D eigenvalue weighted by molar-refractivity contribution is 5.62. The lowest BCUT2D eigenvalue weighted by molar-refractivity contribution is 0.128. The molecule has 19 heavy (non-hydrogen) atoms. The third kappa shape index (κ3) is 3.64. The first kappa shape index (κ1) is 13.7. The van der Waals surface area contributed by atoms with E-state index in [1.54, 1.807) is 13.3 Å². The van der Waals surface area contributed by atoms with Crippen molar-refractivity contribution in [3.63, 3.8) is 0 Å². The summed E-state index contributed by atoms with van der Waals surface area (Å²) >= 11 is 0. The van der Waals surface area contributed by atoms with Gasteiger partial charge in [0.1, 0.15) is 0 Å². The highest BCUT2D eigenvalue weighted by Crippen LogP contribution is 2.20. The van der Waals surface area contributed by atoms with Gasteiger partial charge in [-0.25, -0.2) is 0 Å². The first-order valence-corrected chi connectivity index (χ1v) is 6.26. The van der Waals surface area contributed by atoms with Crippen molar-refractivity contribution in [1.29, 1.82) is 0 Å². The summed E-state index contributed by atoms with van der Waals surface area (Å²) in [5.74, 6) is 0. The van der Waals surface area contributed by atoms with Gasteiger partial charge in [0.15, 0.2) is 0 Å². The number of nitrogens with one attached hydrogen (secondary N) is 2. The van der Waals surface area contributed by atoms with Gasteiger partial charge in [-0.05, 0) is 5.56 Å². The number of nitrogens with zero attached hydrogens (tertiary/aromatic N) is 1. The van der Waals surface area contributed by atoms with E-state index in [0.717, 1.165) is 16.8 Å². The molecule has 0 spiro atoms. The second kappa shape index (κ2) is 7.04. The molecule has 0 saturated heterocycles. The van der Waals surface area contributed by atoms with Gasteiger partial charge >= 0.3 is 0 Å². The number of methoxy groups -OCH3 is 1. The van der Waals surface area contributed by atoms with E-state index in [2.05, 4.69) is 15.5 Å². The van der Waals surface area contributed by atoms with Crippen molar-refractivity contribution in [2.45, 2.75) is 12.6 Å². The molecule has 102 valence electrons. The quantitative estimate of drug-likeness (QED) is 0.700. The van der Waals surface area contributed by atoms with Crippen LogP contribution in [0.25, 0.3) is 11.3 Å². The van der Waals surface area contributed by atoms with Crippen LogP contribution in [0.3, 0.4) is 0 Å². The van der Waals surface area contributed by atoms with Crippen molar-refractivity contribution in [2.24, 2.45) is 0 Å². The number of aromatic amines is 1. The molecule has 2 rings (SSSR count). The molecule has 0 aliphatic heterocycles. The first-order chi connectivity index (χ1) is 9.35. The molecule has 1 unspecified atom stereocenters. The zero-order valence-corrected chi connectivity index (χ0v) is 11.0. The molecule has 0 bridgehead atoms. The minimum Gasteiger partial charge on any atom is -0.395 e. The molecule has 1 heterocycles. The number of benzene rings is 1. The molecule has 0 saturated carbocycles. The fourth-order valence-electron chi connectivity index (χ4n) is 1.93. The summed E-state index contributed by atoms with van der Waals surface area (Å²) in [4.78, 5) is 0. The lowest BCUT2D eigenvalue weighted by atomic mass is 10.1. The molecule has 0 radical (unpaired) electrons. The van der Waals surface area contributed by atoms with E-state index in [-0.39, 0.29) is 12.6 Å². The van der Waals surface area contributed by atoms with Crippen LogP contribution in [0.4, 0.5) is 0 Å². The highest BCUT2D eigenvalue weighted by atomic mass is 16.5. The van der Waals surface area contributed by atoms with Crippen LogP contribution in [0.5, 0.6) is 0 Å². The summed E-state index contributed by atoms with van der Waals surface area (Å²) in [7, 11) is 1.62. The van der Waals surface area contributed by atoms with Crippen LogP contribution in [0, 0.1) is 0 Å². The third-order valence-corrected chi connectivity index (χ3v) is 2.95. The lowest BCUT2D eigenvalue weighted by Crippen LogP contribution is -2.35. The normalized spacial score (nSPS) is 12.5. The number of ether oxygens (including phenoxy) is 1. The number of rotatable bonds is 7. The van der Waals surface area contributed by atoms with Gasteiger partial charge in [-0.3, -0.25) is 5.10 Å². The molecule has 0 aliphatic carbocycles. The number of hydrogen-bond donors (Lipinski definition) is 3. The van der Waals surface area contributed by atoms with Crippen LogP contribution in [-0.2, 0) is 11.3 Å². The average Bonchev–Trinajstić information content (AvgIpc) is 2.93. The number of aliphatic hydroxyl groups is 1. The maximum atomic E-state index is 9.21. The Morgan fingerprint density at radius 2 is 2.16 bits per heavy atom. The van der Waals surface area contributed by atoms with Crippen LogP contribution in [0.15, 0.2) is 36.5 Å². The molecule has 0 fully saturated rings. The summed E-state index contributed by atoms with van der Waals surface area (Å²) in [5.41, 5.74) is 3.17. The maximum Gasteiger partial charge on any atom is 0.0695 e. The Morgan fingerprint density at radius 3 is 2.84 bits per heavy atom. The Bertz CT molecular complexity index is 484. The second-order valence-corrected chi connectivity index (χ2v) is 4.35. The van der Waals surface area contributed by atoms with Gasteiger partial charge in [-0.2, -0.15) is 5.10 Å². The van der Waals surface area contributed by atoms with Gasteiger partial charge in [-0.15, -0.1) is 0 Å². The maximum absolute atomic E-state index is 9.21. The van der Waals surface area contributed by atoms with Crippen LogP contribution < -0.4 is 5.32 Å². The lowest BCUT2D eigenvalue weighted by Gasteiger charge is -2.15. The minimum absolute atomic E-state index is 0.0480. The molecule has 3 N–H and O–H groups in total. The largest absolute Gasteiger partial charge is 0.395 e. The molecule has 2 aromatic rings. The predicted molar refractivity (Wildman–Crippen MR) is 73.6 cm³/mol. The number of aromatic nitrogens is 2. The molecular formula is C14H19N3O2. The van der Waals surface area contributed by atoms with Crippen molar-refractivity contribution in [1.82, 2.24) is 15.5 Å². The Hall–Kier alpha value is -1.69. The van der Waals surface area contributed by atoms with E-state index in [0.29, 0.717) is 13.2 Å². The average molecular weight is 261 g/mol. The van der Waals surface area contributed by atoms with Gasteiger partial charge in [0.2, 0.25) is 0 Å². The molecule has 5 nitrogen and oxygen atoms in total. The van der Waals surface area contributed by atoms with Crippen molar-refractivity contribution in [2.75, 3.05) is 20.3 Å². The fraction of sp³-hybridized carbons (Fsp3) is 0.357. The van der Waals surface area contributed by atoms with Crippen LogP contribution in [-0.4, -0.2) is 41.7 Å². The van der Waals surface area contributed by atoms with Gasteiger partial charge in [0, 0.05) is 19.2 Å². The second-order valence-electron chi connectivity index (χ2n) is 4.35. The van der Waals surface area contributed by atoms with Crippen molar-refractivity contribution < 1.29 is 9.84 Å². The molecule has 1 atom stereocenters. The molecule has 0 amide bonds. The number of aliphatic hydroxyl groups excluding tert-OH is 1. The van der Waals surface area contributed by atoms with Gasteiger partial charge < -0.3 is 15.2 Å². The van der Waals surface area contributed by atoms with Crippen LogP contribution in [0.1, 0.15) is 5.56 Å². The summed E-state index contributed by atoms with van der Waals surface area (Å²) in [5, 5.41) is 19.6. The molecule has 5 heteroatoms. The van der Waals surface area contributed by atoms with Crippen molar-refractivity contribution >= 4 is 0 Å². The topological polar surface area (TPSA) is 70.2 Å². The van der Waals surface area contributed by atoms with E-state index in [1.807, 2.05) is 30.3 Å². The minimum atomic E-state index is -0.0662. The standard InChI is InChI=1S/C14H19N3O2/c1-19-10-13(9-18)15-7-12-8-16-17-14(12)11-5-3-2-4-6-11/h2-6,8,13,15,18H,7,9-10H2,1H3,(H,16,17). The SMILES string of the molecule is COCC(CO)NCc1cn[nH]c1-c1ccccc1. The van der Waals surface area contributed by atoms with E-state index in [4.69, 9.17) is 4.74 Å². The van der Waals surface area contributed by atoms with Gasteiger partial charge in [0.05, 0.1) is 31.1 Å². The molecule has 0 aliphatic rings. The third-order valence-electron chi connectivity index (χ3n) is 2.95. The van der Waals surface area contributed by atoms with Crippen LogP contribution in [0.2, 0.25) is 0 Å². The van der Waals surface area contributed by atoms with E-state index in [9.17, 15) is 5.11 Å². The molecular weight excluding hydrogens is 242 g/mol. The first-order valence-electron chi connectivity index (χ1n) is 6.26. The Kier molecular flexibility index (Phi) is 5.09. The smallest absolute Gasteiger partial charge is 0.0695 e. The van der Waals surface area contributed by atoms with Crippen molar-refractivity contribution in [3.8, 4) is 11.3 Å². The van der Waals surface area contributed by atoms with E-state index >= 15 is 0 Å². The zero-order valence-electron chi connectivity index (χ0n) is 11.0. The van der Waals surface area contributed by atoms with Crippen LogP contribution >= 0.6 is 0 Å². The van der Waals surface area contributed by atoms with E-state index < -0.39 is 0 Å². The fourth-order valence-corrected chi connectivity index (χ4v) is 1.93. The molecule has 1 aromatic heterocycles. The predicted octanol–water partition coefficient (Wildman–Crippen LogP) is 1.17. The molecule has 1 aromatic carbocycles. The Morgan fingerprint density at radius 1 is 1.37 bits per heavy atom. The zero-order chi connectivity index (χ0) is 13.5.